The van der Waals surface area contributed by atoms with Crippen molar-refractivity contribution in [1.29, 1.82) is 0 Å². The Kier molecular flexibility index (Phi) is 4.21. The lowest BCUT2D eigenvalue weighted by molar-refractivity contribution is 0.0786. The smallest absolute Gasteiger partial charge is 0.253 e. The predicted octanol–water partition coefficient (Wildman–Crippen LogP) is 3.71. The van der Waals surface area contributed by atoms with Crippen molar-refractivity contribution in [1.82, 2.24) is 4.90 Å². The molecule has 1 aliphatic heterocycles. The number of rotatable bonds is 3. The van der Waals surface area contributed by atoms with Crippen LogP contribution in [-0.4, -0.2) is 23.9 Å². The SMILES string of the molecule is CCCC1CCN(C(=O)c2cccc(Br)c2)C1. The van der Waals surface area contributed by atoms with Gasteiger partial charge in [-0.25, -0.2) is 0 Å². The second-order valence-corrected chi connectivity index (χ2v) is 5.62. The van der Waals surface area contributed by atoms with E-state index in [1.54, 1.807) is 0 Å². The molecule has 0 bridgehead atoms. The van der Waals surface area contributed by atoms with E-state index >= 15 is 0 Å². The molecule has 2 rings (SSSR count). The van der Waals surface area contributed by atoms with Crippen LogP contribution in [-0.2, 0) is 0 Å². The molecule has 0 spiro atoms. The number of benzene rings is 1. The van der Waals surface area contributed by atoms with E-state index in [4.69, 9.17) is 0 Å². The summed E-state index contributed by atoms with van der Waals surface area (Å²) >= 11 is 3.41. The van der Waals surface area contributed by atoms with Crippen LogP contribution in [0.2, 0.25) is 0 Å². The van der Waals surface area contributed by atoms with Crippen molar-refractivity contribution in [2.45, 2.75) is 26.2 Å². The molecule has 1 fully saturated rings. The molecular formula is C14H18BrNO. The van der Waals surface area contributed by atoms with Gasteiger partial charge in [0.05, 0.1) is 0 Å². The third kappa shape index (κ3) is 3.09. The Morgan fingerprint density at radius 3 is 3.06 bits per heavy atom. The fourth-order valence-electron chi connectivity index (χ4n) is 2.47. The lowest BCUT2D eigenvalue weighted by Crippen LogP contribution is -2.28. The first-order valence-electron chi connectivity index (χ1n) is 6.25. The highest BCUT2D eigenvalue weighted by Gasteiger charge is 2.26. The van der Waals surface area contributed by atoms with Gasteiger partial charge in [-0.3, -0.25) is 4.79 Å². The minimum Gasteiger partial charge on any atom is -0.338 e. The largest absolute Gasteiger partial charge is 0.338 e. The lowest BCUT2D eigenvalue weighted by Gasteiger charge is -2.16. The average Bonchev–Trinajstić information content (AvgIpc) is 2.77. The third-order valence-electron chi connectivity index (χ3n) is 3.34. The molecule has 0 N–H and O–H groups in total. The molecule has 0 radical (unpaired) electrons. The molecule has 1 aromatic carbocycles. The molecule has 1 unspecified atom stereocenters. The third-order valence-corrected chi connectivity index (χ3v) is 3.83. The van der Waals surface area contributed by atoms with Crippen molar-refractivity contribution in [2.75, 3.05) is 13.1 Å². The highest BCUT2D eigenvalue weighted by Crippen LogP contribution is 2.23. The number of hydrogen-bond donors (Lipinski definition) is 0. The molecule has 17 heavy (non-hydrogen) atoms. The van der Waals surface area contributed by atoms with Crippen LogP contribution in [0.25, 0.3) is 0 Å². The summed E-state index contributed by atoms with van der Waals surface area (Å²) in [5, 5.41) is 0. The van der Waals surface area contributed by atoms with Gasteiger partial charge >= 0.3 is 0 Å². The van der Waals surface area contributed by atoms with E-state index in [-0.39, 0.29) is 5.91 Å². The van der Waals surface area contributed by atoms with Crippen LogP contribution < -0.4 is 0 Å². The molecular weight excluding hydrogens is 278 g/mol. The summed E-state index contributed by atoms with van der Waals surface area (Å²) in [4.78, 5) is 14.2. The first-order valence-corrected chi connectivity index (χ1v) is 7.05. The van der Waals surface area contributed by atoms with E-state index in [9.17, 15) is 4.79 Å². The zero-order chi connectivity index (χ0) is 12.3. The summed E-state index contributed by atoms with van der Waals surface area (Å²) in [6.45, 7) is 4.05. The Morgan fingerprint density at radius 2 is 2.35 bits per heavy atom. The molecule has 2 nitrogen and oxygen atoms in total. The number of hydrogen-bond acceptors (Lipinski definition) is 1. The van der Waals surface area contributed by atoms with E-state index in [0.29, 0.717) is 5.92 Å². The summed E-state index contributed by atoms with van der Waals surface area (Å²) in [6.07, 6.45) is 3.61. The van der Waals surface area contributed by atoms with Gasteiger partial charge in [0.2, 0.25) is 0 Å². The fourth-order valence-corrected chi connectivity index (χ4v) is 2.86. The molecule has 1 heterocycles. The zero-order valence-corrected chi connectivity index (χ0v) is 11.7. The van der Waals surface area contributed by atoms with Gasteiger partial charge in [-0.2, -0.15) is 0 Å². The van der Waals surface area contributed by atoms with E-state index in [0.717, 1.165) is 29.5 Å². The van der Waals surface area contributed by atoms with Crippen LogP contribution in [0, 0.1) is 5.92 Å². The van der Waals surface area contributed by atoms with Crippen LogP contribution in [0.5, 0.6) is 0 Å². The first kappa shape index (κ1) is 12.6. The summed E-state index contributed by atoms with van der Waals surface area (Å²) < 4.78 is 0.965. The normalized spacial score (nSPS) is 19.6. The van der Waals surface area contributed by atoms with Gasteiger partial charge in [-0.1, -0.05) is 35.3 Å². The maximum absolute atomic E-state index is 12.3. The Balaban J connectivity index is 2.02. The molecule has 0 aliphatic carbocycles. The second kappa shape index (κ2) is 5.67. The van der Waals surface area contributed by atoms with Crippen molar-refractivity contribution < 1.29 is 4.79 Å². The highest BCUT2D eigenvalue weighted by atomic mass is 79.9. The van der Waals surface area contributed by atoms with Gasteiger partial charge in [-0.15, -0.1) is 0 Å². The van der Waals surface area contributed by atoms with E-state index in [2.05, 4.69) is 22.9 Å². The van der Waals surface area contributed by atoms with E-state index in [1.807, 2.05) is 29.2 Å². The van der Waals surface area contributed by atoms with Crippen LogP contribution in [0.4, 0.5) is 0 Å². The minimum absolute atomic E-state index is 0.171. The minimum atomic E-state index is 0.171. The van der Waals surface area contributed by atoms with Crippen LogP contribution in [0.1, 0.15) is 36.5 Å². The summed E-state index contributed by atoms with van der Waals surface area (Å²) in [5.41, 5.74) is 0.788. The van der Waals surface area contributed by atoms with Gasteiger partial charge < -0.3 is 4.90 Å². The average molecular weight is 296 g/mol. The fraction of sp³-hybridized carbons (Fsp3) is 0.500. The molecule has 0 aromatic heterocycles. The van der Waals surface area contributed by atoms with Gasteiger partial charge in [0.1, 0.15) is 0 Å². The number of carbonyl (C=O) groups excluding carboxylic acids is 1. The van der Waals surface area contributed by atoms with Gasteiger partial charge in [-0.05, 0) is 37.0 Å². The molecule has 1 aliphatic rings. The van der Waals surface area contributed by atoms with E-state index < -0.39 is 0 Å². The monoisotopic (exact) mass is 295 g/mol. The summed E-state index contributed by atoms with van der Waals surface area (Å²) in [7, 11) is 0. The quantitative estimate of drug-likeness (QED) is 0.832. The van der Waals surface area contributed by atoms with Crippen molar-refractivity contribution in [3.05, 3.63) is 34.3 Å². The Morgan fingerprint density at radius 1 is 1.53 bits per heavy atom. The van der Waals surface area contributed by atoms with Crippen LogP contribution >= 0.6 is 15.9 Å². The molecule has 1 saturated heterocycles. The van der Waals surface area contributed by atoms with Crippen molar-refractivity contribution in [3.8, 4) is 0 Å². The lowest BCUT2D eigenvalue weighted by atomic mass is 10.0. The number of halogens is 1. The number of carbonyl (C=O) groups is 1. The Bertz CT molecular complexity index is 405. The summed E-state index contributed by atoms with van der Waals surface area (Å²) in [5.74, 6) is 0.876. The molecule has 92 valence electrons. The number of amides is 1. The van der Waals surface area contributed by atoms with Gasteiger partial charge in [0, 0.05) is 23.1 Å². The van der Waals surface area contributed by atoms with Crippen molar-refractivity contribution >= 4 is 21.8 Å². The van der Waals surface area contributed by atoms with E-state index in [1.165, 1.54) is 12.8 Å². The molecule has 1 amide bonds. The molecule has 1 aromatic rings. The van der Waals surface area contributed by atoms with Crippen molar-refractivity contribution in [2.24, 2.45) is 5.92 Å². The standard InChI is InChI=1S/C14H18BrNO/c1-2-4-11-7-8-16(10-11)14(17)12-5-3-6-13(15)9-12/h3,5-6,9,11H,2,4,7-8,10H2,1H3. The maximum Gasteiger partial charge on any atom is 0.253 e. The van der Waals surface area contributed by atoms with Crippen LogP contribution in [0.15, 0.2) is 28.7 Å². The summed E-state index contributed by atoms with van der Waals surface area (Å²) in [6, 6.07) is 7.65. The highest BCUT2D eigenvalue weighted by molar-refractivity contribution is 9.10. The van der Waals surface area contributed by atoms with Gasteiger partial charge in [0.15, 0.2) is 0 Å². The molecule has 3 heteroatoms. The number of nitrogens with zero attached hydrogens (tertiary/aromatic N) is 1. The Labute approximate surface area is 111 Å². The van der Waals surface area contributed by atoms with Crippen LogP contribution in [0.3, 0.4) is 0 Å². The predicted molar refractivity (Wildman–Crippen MR) is 73.1 cm³/mol. The second-order valence-electron chi connectivity index (χ2n) is 4.70. The number of likely N-dealkylation sites (tertiary alicyclic amines) is 1. The maximum atomic E-state index is 12.3. The van der Waals surface area contributed by atoms with Gasteiger partial charge in [0.25, 0.3) is 5.91 Å². The zero-order valence-electron chi connectivity index (χ0n) is 10.2. The molecule has 1 atom stereocenters. The van der Waals surface area contributed by atoms with Crippen molar-refractivity contribution in [3.63, 3.8) is 0 Å². The molecule has 0 saturated carbocycles. The Hall–Kier alpha value is -0.830. The topological polar surface area (TPSA) is 20.3 Å². The first-order chi connectivity index (χ1) is 8.20.